The molecule has 134 valence electrons. The molecule has 0 aromatic rings. The van der Waals surface area contributed by atoms with Gasteiger partial charge >= 0.3 is 0 Å². The first kappa shape index (κ1) is 17.6. The largest absolute Gasteiger partial charge is 0.394 e. The number of hydrogen-bond donors (Lipinski definition) is 2. The summed E-state index contributed by atoms with van der Waals surface area (Å²) in [7, 11) is 0. The molecule has 0 aromatic heterocycles. The highest BCUT2D eigenvalue weighted by atomic mass is 16.7. The third-order valence-electron chi connectivity index (χ3n) is 6.86. The highest BCUT2D eigenvalue weighted by molar-refractivity contribution is 5.40. The van der Waals surface area contributed by atoms with Crippen LogP contribution in [-0.2, 0) is 14.2 Å². The summed E-state index contributed by atoms with van der Waals surface area (Å²) in [6.07, 6.45) is 2.47. The summed E-state index contributed by atoms with van der Waals surface area (Å²) in [6.45, 7) is 10.3. The average molecular weight is 328 g/mol. The van der Waals surface area contributed by atoms with Gasteiger partial charge in [0.1, 0.15) is 29.5 Å². The van der Waals surface area contributed by atoms with Gasteiger partial charge < -0.3 is 24.4 Å². The van der Waals surface area contributed by atoms with Gasteiger partial charge in [0.05, 0.1) is 12.0 Å². The fourth-order valence-electron chi connectivity index (χ4n) is 5.59. The Morgan fingerprint density at radius 3 is 2.48 bits per heavy atom. The van der Waals surface area contributed by atoms with Crippen molar-refractivity contribution >= 4 is 0 Å². The van der Waals surface area contributed by atoms with Crippen LogP contribution in [0.2, 0.25) is 0 Å². The second kappa shape index (κ2) is 5.67. The Bertz CT molecular complexity index is 457. The van der Waals surface area contributed by atoms with Crippen molar-refractivity contribution in [1.29, 1.82) is 0 Å². The molecule has 2 saturated heterocycles. The Morgan fingerprint density at radius 2 is 1.87 bits per heavy atom. The van der Waals surface area contributed by atoms with E-state index in [4.69, 9.17) is 14.2 Å². The van der Waals surface area contributed by atoms with Gasteiger partial charge in [0.2, 0.25) is 0 Å². The second-order valence-electron chi connectivity index (χ2n) is 7.94. The van der Waals surface area contributed by atoms with Gasteiger partial charge in [-0.1, -0.05) is 40.0 Å². The van der Waals surface area contributed by atoms with E-state index in [1.807, 2.05) is 6.92 Å². The third-order valence-corrected chi connectivity index (χ3v) is 6.86. The molecule has 8 atom stereocenters. The van der Waals surface area contributed by atoms with E-state index in [1.54, 1.807) is 0 Å². The standard InChI is InChI=1S/C18H32O5/c1-6-7-8-9-11(2)18-16(4)15(21-12(3)22-18)14(20)13(10-19)23-17(16,18)5/h11-15,19-20H,6-10H2,1-5H3/t11?,12?,13-,14-,15+,16+,17?,18+/m1/s1. The van der Waals surface area contributed by atoms with Crippen molar-refractivity contribution in [2.75, 3.05) is 6.61 Å². The molecule has 1 aliphatic carbocycles. The first-order chi connectivity index (χ1) is 10.8. The summed E-state index contributed by atoms with van der Waals surface area (Å²) >= 11 is 0. The lowest BCUT2D eigenvalue weighted by molar-refractivity contribution is -0.292. The minimum Gasteiger partial charge on any atom is -0.394 e. The van der Waals surface area contributed by atoms with E-state index in [1.165, 1.54) is 19.3 Å². The summed E-state index contributed by atoms with van der Waals surface area (Å²) in [6, 6.07) is 0. The van der Waals surface area contributed by atoms with Crippen LogP contribution in [0.1, 0.15) is 60.3 Å². The normalized spacial score (nSPS) is 52.8. The molecule has 3 rings (SSSR count). The third kappa shape index (κ3) is 1.97. The van der Waals surface area contributed by atoms with Gasteiger partial charge in [-0.05, 0) is 26.2 Å². The number of aliphatic hydroxyl groups excluding tert-OH is 2. The van der Waals surface area contributed by atoms with E-state index >= 15 is 0 Å². The van der Waals surface area contributed by atoms with E-state index in [0.717, 1.165) is 6.42 Å². The zero-order valence-electron chi connectivity index (χ0n) is 15.0. The zero-order valence-corrected chi connectivity index (χ0v) is 15.0. The number of aliphatic hydroxyl groups is 2. The molecule has 1 saturated carbocycles. The van der Waals surface area contributed by atoms with Crippen molar-refractivity contribution in [3.8, 4) is 0 Å². The summed E-state index contributed by atoms with van der Waals surface area (Å²) < 4.78 is 18.5. The molecule has 3 aliphatic rings. The minimum absolute atomic E-state index is 0.207. The van der Waals surface area contributed by atoms with Crippen molar-refractivity contribution in [3.05, 3.63) is 0 Å². The first-order valence-electron chi connectivity index (χ1n) is 9.10. The van der Waals surface area contributed by atoms with Crippen LogP contribution in [0.5, 0.6) is 0 Å². The van der Waals surface area contributed by atoms with Crippen LogP contribution in [-0.4, -0.2) is 52.6 Å². The van der Waals surface area contributed by atoms with E-state index in [9.17, 15) is 10.2 Å². The second-order valence-corrected chi connectivity index (χ2v) is 7.94. The minimum atomic E-state index is -0.825. The monoisotopic (exact) mass is 328 g/mol. The predicted octanol–water partition coefficient (Wildman–Crippen LogP) is 2.23. The van der Waals surface area contributed by atoms with E-state index in [-0.39, 0.29) is 24.4 Å². The predicted molar refractivity (Wildman–Crippen MR) is 85.9 cm³/mol. The maximum atomic E-state index is 10.6. The van der Waals surface area contributed by atoms with Crippen LogP contribution in [0.4, 0.5) is 0 Å². The average Bonchev–Trinajstić information content (AvgIpc) is 2.95. The number of unbranched alkanes of at least 4 members (excludes halogenated alkanes) is 2. The van der Waals surface area contributed by atoms with Gasteiger partial charge in [-0.15, -0.1) is 0 Å². The number of rotatable bonds is 6. The molecule has 2 heterocycles. The summed E-state index contributed by atoms with van der Waals surface area (Å²) in [5, 5.41) is 20.2. The van der Waals surface area contributed by atoms with Gasteiger partial charge in [0, 0.05) is 0 Å². The Morgan fingerprint density at radius 1 is 1.17 bits per heavy atom. The van der Waals surface area contributed by atoms with Crippen LogP contribution in [0.3, 0.4) is 0 Å². The molecule has 0 aromatic carbocycles. The lowest BCUT2D eigenvalue weighted by atomic mass is 9.82. The Balaban J connectivity index is 1.93. The summed E-state index contributed by atoms with van der Waals surface area (Å²) in [5.74, 6) is 0.308. The fraction of sp³-hybridized carbons (Fsp3) is 1.00. The van der Waals surface area contributed by atoms with Crippen molar-refractivity contribution < 1.29 is 24.4 Å². The zero-order chi connectivity index (χ0) is 17.0. The lowest BCUT2D eigenvalue weighted by Crippen LogP contribution is -2.57. The van der Waals surface area contributed by atoms with Crippen molar-refractivity contribution in [1.82, 2.24) is 0 Å². The van der Waals surface area contributed by atoms with Crippen LogP contribution >= 0.6 is 0 Å². The molecule has 0 bridgehead atoms. The number of hydrogen-bond acceptors (Lipinski definition) is 5. The van der Waals surface area contributed by atoms with E-state index in [0.29, 0.717) is 5.92 Å². The smallest absolute Gasteiger partial charge is 0.156 e. The highest BCUT2D eigenvalue weighted by Crippen LogP contribution is 2.78. The fourth-order valence-corrected chi connectivity index (χ4v) is 5.59. The summed E-state index contributed by atoms with van der Waals surface area (Å²) in [5.41, 5.74) is -1.38. The molecular formula is C18H32O5. The Labute approximate surface area is 139 Å². The maximum Gasteiger partial charge on any atom is 0.156 e. The molecule has 3 fully saturated rings. The topological polar surface area (TPSA) is 68.2 Å². The first-order valence-corrected chi connectivity index (χ1v) is 9.10. The molecule has 2 N–H and O–H groups in total. The molecule has 5 nitrogen and oxygen atoms in total. The number of ether oxygens (including phenoxy) is 3. The van der Waals surface area contributed by atoms with Crippen molar-refractivity contribution in [2.45, 2.75) is 96.1 Å². The molecule has 0 radical (unpaired) electrons. The quantitative estimate of drug-likeness (QED) is 0.732. The molecule has 0 spiro atoms. The van der Waals surface area contributed by atoms with Crippen LogP contribution < -0.4 is 0 Å². The molecule has 2 aliphatic heterocycles. The van der Waals surface area contributed by atoms with Gasteiger partial charge in [0.15, 0.2) is 6.29 Å². The van der Waals surface area contributed by atoms with Gasteiger partial charge in [-0.3, -0.25) is 0 Å². The van der Waals surface area contributed by atoms with Crippen molar-refractivity contribution in [2.24, 2.45) is 11.3 Å². The lowest BCUT2D eigenvalue weighted by Gasteiger charge is -2.44. The summed E-state index contributed by atoms with van der Waals surface area (Å²) in [4.78, 5) is 0. The van der Waals surface area contributed by atoms with Crippen LogP contribution in [0.25, 0.3) is 0 Å². The SMILES string of the molecule is CCCCCC(C)[C@@]12OC(C)O[C@H]3[C@H](O)[C@@H](CO)OC1(C)[C@]32C. The van der Waals surface area contributed by atoms with E-state index < -0.39 is 23.4 Å². The molecule has 0 amide bonds. The molecular weight excluding hydrogens is 296 g/mol. The van der Waals surface area contributed by atoms with Crippen molar-refractivity contribution in [3.63, 3.8) is 0 Å². The number of fused-ring (bicyclic) bond motifs is 1. The van der Waals surface area contributed by atoms with Crippen LogP contribution in [0.15, 0.2) is 0 Å². The Kier molecular flexibility index (Phi) is 4.34. The van der Waals surface area contributed by atoms with Gasteiger partial charge in [-0.2, -0.15) is 0 Å². The maximum absolute atomic E-state index is 10.6. The molecule has 23 heavy (non-hydrogen) atoms. The highest BCUT2D eigenvalue weighted by Gasteiger charge is 2.93. The Hall–Kier alpha value is -0.200. The molecule has 5 heteroatoms. The van der Waals surface area contributed by atoms with Gasteiger partial charge in [-0.25, -0.2) is 0 Å². The van der Waals surface area contributed by atoms with Gasteiger partial charge in [0.25, 0.3) is 0 Å². The van der Waals surface area contributed by atoms with Crippen LogP contribution in [0, 0.1) is 11.3 Å². The molecule has 3 unspecified atom stereocenters. The van der Waals surface area contributed by atoms with E-state index in [2.05, 4.69) is 27.7 Å².